The van der Waals surface area contributed by atoms with Crippen molar-refractivity contribution < 1.29 is 28.0 Å². The van der Waals surface area contributed by atoms with E-state index in [0.29, 0.717) is 61.0 Å². The number of benzene rings is 8. The number of hydrogen-bond donors (Lipinski definition) is 0. The molecule has 0 spiro atoms. The van der Waals surface area contributed by atoms with E-state index in [9.17, 15) is 5.48 Å². The first-order chi connectivity index (χ1) is 34.1. The molecule has 0 aliphatic heterocycles. The minimum absolute atomic E-state index is 0.188. The molecule has 0 N–H and O–H groups in total. The van der Waals surface area contributed by atoms with Gasteiger partial charge in [0.1, 0.15) is 22.3 Å². The molecule has 0 atom stereocenters. The van der Waals surface area contributed by atoms with Crippen LogP contribution in [0.1, 0.15) is 19.2 Å². The largest absolute Gasteiger partial charge is 0.456 e. The number of furan rings is 2. The van der Waals surface area contributed by atoms with Crippen LogP contribution in [0.25, 0.3) is 89.2 Å². The standard InChI is InChI=1S/C51H32N4O2/c1-4-14-34(15-5-1)49-52-50(41-21-12-24-44-47(41)39-20-10-11-23-43(39)56-44)54-51(53-49)42-22-13-25-45-48(42)40-31-28-35(32-46(40)57-45)33-26-29-38(30-27-33)55(36-16-6-2-7-17-36)37-18-8-3-9-19-37/h1-32H/i2D,3D,6D,7D,8D,9D,16D,17D,18D,19D,26D,27D,29D,30D. The Morgan fingerprint density at radius 2 is 0.912 bits per heavy atom. The van der Waals surface area contributed by atoms with Crippen LogP contribution in [0.3, 0.4) is 0 Å². The molecule has 6 nitrogen and oxygen atoms in total. The second kappa shape index (κ2) is 13.5. The minimum Gasteiger partial charge on any atom is -0.456 e. The molecule has 0 bridgehead atoms. The lowest BCUT2D eigenvalue weighted by molar-refractivity contribution is 0.668. The molecule has 0 saturated heterocycles. The van der Waals surface area contributed by atoms with Crippen LogP contribution in [-0.4, -0.2) is 15.0 Å². The van der Waals surface area contributed by atoms with Gasteiger partial charge in [0.25, 0.3) is 0 Å². The van der Waals surface area contributed by atoms with Crippen LogP contribution in [0.15, 0.2) is 203 Å². The zero-order valence-corrected chi connectivity index (χ0v) is 29.5. The van der Waals surface area contributed by atoms with E-state index in [4.69, 9.17) is 37.5 Å². The number of fused-ring (bicyclic) bond motifs is 6. The molecule has 0 fully saturated rings. The van der Waals surface area contributed by atoms with E-state index in [0.717, 1.165) is 21.9 Å². The van der Waals surface area contributed by atoms with E-state index >= 15 is 0 Å². The van der Waals surface area contributed by atoms with Gasteiger partial charge in [0.2, 0.25) is 0 Å². The van der Waals surface area contributed by atoms with Crippen molar-refractivity contribution >= 4 is 60.9 Å². The number of rotatable bonds is 7. The average Bonchev–Trinajstić information content (AvgIpc) is 3.96. The average molecular weight is 747 g/mol. The Balaban J connectivity index is 1.09. The molecule has 11 rings (SSSR count). The Bertz CT molecular complexity index is 3930. The molecule has 268 valence electrons. The van der Waals surface area contributed by atoms with Gasteiger partial charge in [-0.1, -0.05) is 127 Å². The molecule has 8 aromatic carbocycles. The summed E-state index contributed by atoms with van der Waals surface area (Å²) in [7, 11) is 0. The van der Waals surface area contributed by atoms with E-state index in [1.165, 1.54) is 0 Å². The van der Waals surface area contributed by atoms with Gasteiger partial charge in [-0.05, 0) is 77.7 Å². The summed E-state index contributed by atoms with van der Waals surface area (Å²) >= 11 is 0. The van der Waals surface area contributed by atoms with Gasteiger partial charge in [-0.25, -0.2) is 15.0 Å². The molecule has 0 saturated carbocycles. The Morgan fingerprint density at radius 3 is 1.56 bits per heavy atom. The molecule has 0 aliphatic rings. The molecule has 57 heavy (non-hydrogen) atoms. The highest BCUT2D eigenvalue weighted by molar-refractivity contribution is 6.13. The first kappa shape index (κ1) is 21.3. The fourth-order valence-corrected chi connectivity index (χ4v) is 7.07. The lowest BCUT2D eigenvalue weighted by atomic mass is 10.0. The number of hydrogen-bond acceptors (Lipinski definition) is 6. The maximum Gasteiger partial charge on any atom is 0.164 e. The molecular weight excluding hydrogens is 701 g/mol. The van der Waals surface area contributed by atoms with Crippen molar-refractivity contribution in [1.29, 1.82) is 0 Å². The fourth-order valence-electron chi connectivity index (χ4n) is 7.07. The summed E-state index contributed by atoms with van der Waals surface area (Å²) in [6.45, 7) is 0. The van der Waals surface area contributed by atoms with E-state index in [2.05, 4.69) is 0 Å². The van der Waals surface area contributed by atoms with Crippen molar-refractivity contribution in [1.82, 2.24) is 15.0 Å². The molecule has 6 heteroatoms. The summed E-state index contributed by atoms with van der Waals surface area (Å²) in [6.07, 6.45) is 0. The number of nitrogens with zero attached hydrogens (tertiary/aromatic N) is 4. The van der Waals surface area contributed by atoms with Crippen molar-refractivity contribution in [2.75, 3.05) is 4.90 Å². The maximum atomic E-state index is 9.35. The van der Waals surface area contributed by atoms with E-state index in [1.54, 1.807) is 30.3 Å². The van der Waals surface area contributed by atoms with Gasteiger partial charge >= 0.3 is 0 Å². The van der Waals surface area contributed by atoms with Crippen molar-refractivity contribution in [3.63, 3.8) is 0 Å². The smallest absolute Gasteiger partial charge is 0.164 e. The fraction of sp³-hybridized carbons (Fsp3) is 0. The van der Waals surface area contributed by atoms with E-state index in [1.807, 2.05) is 78.9 Å². The van der Waals surface area contributed by atoms with Gasteiger partial charge in [-0.3, -0.25) is 0 Å². The van der Waals surface area contributed by atoms with Gasteiger partial charge in [-0.2, -0.15) is 0 Å². The van der Waals surface area contributed by atoms with Crippen molar-refractivity contribution in [3.8, 4) is 45.3 Å². The van der Waals surface area contributed by atoms with Crippen LogP contribution in [0.2, 0.25) is 0 Å². The van der Waals surface area contributed by atoms with Crippen molar-refractivity contribution in [2.24, 2.45) is 0 Å². The second-order valence-electron chi connectivity index (χ2n) is 12.9. The second-order valence-corrected chi connectivity index (χ2v) is 12.9. The highest BCUT2D eigenvalue weighted by Gasteiger charge is 2.21. The predicted molar refractivity (Wildman–Crippen MR) is 231 cm³/mol. The van der Waals surface area contributed by atoms with Crippen LogP contribution in [0, 0.1) is 0 Å². The topological polar surface area (TPSA) is 68.2 Å². The lowest BCUT2D eigenvalue weighted by Crippen LogP contribution is -2.09. The zero-order valence-electron chi connectivity index (χ0n) is 43.5. The number of para-hydroxylation sites is 3. The lowest BCUT2D eigenvalue weighted by Gasteiger charge is -2.25. The molecular formula is C51H32N4O2. The van der Waals surface area contributed by atoms with Gasteiger partial charge in [0, 0.05) is 55.3 Å². The third kappa shape index (κ3) is 5.70. The SMILES string of the molecule is [2H]c1c([2H])c([2H])c(N(c2c([2H])c([2H])c([2H])c([2H])c2[2H])c2c([2H])c([2H])c(-c3ccc4c(c3)oc3cccc(-c5nc(-c6ccccc6)nc(-c6cccc7oc8ccccc8c67)n5)c34)c([2H])c2[2H])c([2H])c1[2H]. The summed E-state index contributed by atoms with van der Waals surface area (Å²) in [5.74, 6) is 1.17. The first-order valence-corrected chi connectivity index (χ1v) is 17.8. The molecule has 0 radical (unpaired) electrons. The summed E-state index contributed by atoms with van der Waals surface area (Å²) in [6, 6.07) is 21.9. The van der Waals surface area contributed by atoms with E-state index < -0.39 is 102 Å². The van der Waals surface area contributed by atoms with Crippen molar-refractivity contribution in [2.45, 2.75) is 0 Å². The van der Waals surface area contributed by atoms with Gasteiger partial charge < -0.3 is 13.7 Å². The molecule has 3 heterocycles. The predicted octanol–water partition coefficient (Wildman–Crippen LogP) is 13.8. The van der Waals surface area contributed by atoms with E-state index in [-0.39, 0.29) is 11.1 Å². The first-order valence-electron chi connectivity index (χ1n) is 24.8. The highest BCUT2D eigenvalue weighted by Crippen LogP contribution is 2.41. The van der Waals surface area contributed by atoms with Gasteiger partial charge in [-0.15, -0.1) is 0 Å². The maximum absolute atomic E-state index is 9.35. The molecule has 3 aromatic heterocycles. The summed E-state index contributed by atoms with van der Waals surface area (Å²) in [5.41, 5.74) is 1.98. The Kier molecular flexibility index (Phi) is 5.04. The molecule has 0 unspecified atom stereocenters. The van der Waals surface area contributed by atoms with Gasteiger partial charge in [0.15, 0.2) is 17.5 Å². The van der Waals surface area contributed by atoms with Crippen molar-refractivity contribution in [3.05, 3.63) is 194 Å². The third-order valence-electron chi connectivity index (χ3n) is 9.59. The van der Waals surface area contributed by atoms with Crippen LogP contribution < -0.4 is 4.90 Å². The van der Waals surface area contributed by atoms with Gasteiger partial charge in [0.05, 0.1) is 19.2 Å². The monoisotopic (exact) mass is 746 g/mol. The summed E-state index contributed by atoms with van der Waals surface area (Å²) < 4.78 is 135. The van der Waals surface area contributed by atoms with Crippen LogP contribution in [0.4, 0.5) is 17.1 Å². The number of anilines is 3. The third-order valence-corrected chi connectivity index (χ3v) is 9.59. The summed E-state index contributed by atoms with van der Waals surface area (Å²) in [4.78, 5) is 15.7. The van der Waals surface area contributed by atoms with Crippen LogP contribution in [0.5, 0.6) is 0 Å². The Morgan fingerprint density at radius 1 is 0.386 bits per heavy atom. The molecule has 11 aromatic rings. The zero-order chi connectivity index (χ0) is 49.9. The Labute approximate surface area is 347 Å². The Hall–Kier alpha value is -7.83. The molecule has 0 amide bonds. The molecule has 0 aliphatic carbocycles. The number of aromatic nitrogens is 3. The normalized spacial score (nSPS) is 14.9. The quantitative estimate of drug-likeness (QED) is 0.162. The highest BCUT2D eigenvalue weighted by atomic mass is 16.3. The van der Waals surface area contributed by atoms with Crippen LogP contribution >= 0.6 is 0 Å². The van der Waals surface area contributed by atoms with Crippen LogP contribution in [-0.2, 0) is 0 Å². The minimum atomic E-state index is -0.882. The summed E-state index contributed by atoms with van der Waals surface area (Å²) in [5, 5.41) is 2.99.